The standard InChI is InChI=1S/C28H30N8OS/c1-19-15-25(34-33-19)30-24-17-26(36-13-4-14-36)32-28(31-24)38-23-9-7-22(8-10-23)29-27(37)21-6-2-5-20(16-21)18-35-11-3-12-35/h2,5-10,15-17H,3-4,11-14,18H2,1H3,(H,29,37)(H2,30,31,32,33,34). The van der Waals surface area contributed by atoms with E-state index in [0.29, 0.717) is 16.5 Å². The maximum absolute atomic E-state index is 12.9. The molecule has 2 fully saturated rings. The molecule has 0 radical (unpaired) electrons. The number of hydrogen-bond acceptors (Lipinski definition) is 8. The van der Waals surface area contributed by atoms with Crippen LogP contribution in [0.1, 0.15) is 34.5 Å². The van der Waals surface area contributed by atoms with Crippen molar-refractivity contribution < 1.29 is 4.79 Å². The number of aryl methyl sites for hydroxylation is 1. The van der Waals surface area contributed by atoms with E-state index >= 15 is 0 Å². The molecule has 10 heteroatoms. The van der Waals surface area contributed by atoms with Gasteiger partial charge in [0.15, 0.2) is 11.0 Å². The predicted molar refractivity (Wildman–Crippen MR) is 150 cm³/mol. The summed E-state index contributed by atoms with van der Waals surface area (Å²) in [4.78, 5) is 28.0. The average molecular weight is 527 g/mol. The maximum Gasteiger partial charge on any atom is 0.255 e. The van der Waals surface area contributed by atoms with Crippen molar-refractivity contribution in [2.45, 2.75) is 36.4 Å². The van der Waals surface area contributed by atoms with Crippen molar-refractivity contribution >= 4 is 40.8 Å². The normalized spacial score (nSPS) is 15.0. The Labute approximate surface area is 226 Å². The fraction of sp³-hybridized carbons (Fsp3) is 0.286. The van der Waals surface area contributed by atoms with E-state index in [9.17, 15) is 4.79 Å². The van der Waals surface area contributed by atoms with Crippen molar-refractivity contribution in [3.8, 4) is 0 Å². The molecule has 2 aliphatic heterocycles. The summed E-state index contributed by atoms with van der Waals surface area (Å²) < 4.78 is 0. The second-order valence-corrected chi connectivity index (χ2v) is 10.7. The largest absolute Gasteiger partial charge is 0.356 e. The van der Waals surface area contributed by atoms with Crippen LogP contribution in [0.4, 0.5) is 23.1 Å². The van der Waals surface area contributed by atoms with E-state index < -0.39 is 0 Å². The summed E-state index contributed by atoms with van der Waals surface area (Å²) in [6.45, 7) is 7.12. The third-order valence-corrected chi connectivity index (χ3v) is 7.57. The van der Waals surface area contributed by atoms with Gasteiger partial charge in [-0.1, -0.05) is 12.1 Å². The van der Waals surface area contributed by atoms with E-state index in [-0.39, 0.29) is 5.91 Å². The first-order valence-corrected chi connectivity index (χ1v) is 13.7. The molecule has 4 heterocycles. The first-order valence-electron chi connectivity index (χ1n) is 12.9. The van der Waals surface area contributed by atoms with Crippen molar-refractivity contribution in [2.75, 3.05) is 41.7 Å². The lowest BCUT2D eigenvalue weighted by atomic mass is 10.1. The number of H-pyrrole nitrogens is 1. The molecule has 2 saturated heterocycles. The van der Waals surface area contributed by atoms with Gasteiger partial charge in [-0.3, -0.25) is 14.8 Å². The maximum atomic E-state index is 12.9. The van der Waals surface area contributed by atoms with Gasteiger partial charge < -0.3 is 15.5 Å². The van der Waals surface area contributed by atoms with Gasteiger partial charge >= 0.3 is 0 Å². The minimum atomic E-state index is -0.106. The zero-order valence-corrected chi connectivity index (χ0v) is 22.1. The Balaban J connectivity index is 1.13. The van der Waals surface area contributed by atoms with Crippen molar-refractivity contribution in [1.82, 2.24) is 25.1 Å². The van der Waals surface area contributed by atoms with Gasteiger partial charge in [0, 0.05) is 53.6 Å². The Morgan fingerprint density at radius 2 is 1.79 bits per heavy atom. The number of amides is 1. The summed E-state index contributed by atoms with van der Waals surface area (Å²) in [5, 5.41) is 14.1. The number of nitrogens with zero attached hydrogens (tertiary/aromatic N) is 5. The molecule has 0 aliphatic carbocycles. The van der Waals surface area contributed by atoms with Gasteiger partial charge in [0.1, 0.15) is 11.6 Å². The molecule has 2 aromatic carbocycles. The molecule has 2 aromatic heterocycles. The Hall–Kier alpha value is -3.89. The Morgan fingerprint density at radius 3 is 2.47 bits per heavy atom. The van der Waals surface area contributed by atoms with E-state index in [4.69, 9.17) is 9.97 Å². The van der Waals surface area contributed by atoms with Gasteiger partial charge in [0.25, 0.3) is 5.91 Å². The first kappa shape index (κ1) is 24.4. The number of carbonyl (C=O) groups excluding carboxylic acids is 1. The van der Waals surface area contributed by atoms with Crippen LogP contribution in [0.3, 0.4) is 0 Å². The zero-order valence-electron chi connectivity index (χ0n) is 21.3. The fourth-order valence-corrected chi connectivity index (χ4v) is 5.13. The fourth-order valence-electron chi connectivity index (χ4n) is 4.37. The summed E-state index contributed by atoms with van der Waals surface area (Å²) in [5.74, 6) is 2.23. The van der Waals surface area contributed by atoms with Crippen molar-refractivity contribution in [3.63, 3.8) is 0 Å². The minimum absolute atomic E-state index is 0.106. The van der Waals surface area contributed by atoms with Gasteiger partial charge in [-0.05, 0) is 86.6 Å². The SMILES string of the molecule is Cc1cc(Nc2cc(N3CCC3)nc(Sc3ccc(NC(=O)c4cccc(CN5CCC5)c4)cc3)n2)n[nH]1. The van der Waals surface area contributed by atoms with Crippen molar-refractivity contribution in [3.05, 3.63) is 77.5 Å². The molecular weight excluding hydrogens is 496 g/mol. The van der Waals surface area contributed by atoms with Crippen LogP contribution in [-0.4, -0.2) is 57.2 Å². The third kappa shape index (κ3) is 5.81. The lowest BCUT2D eigenvalue weighted by Gasteiger charge is -2.32. The highest BCUT2D eigenvalue weighted by molar-refractivity contribution is 7.99. The molecule has 2 aliphatic rings. The van der Waals surface area contributed by atoms with Gasteiger partial charge in [0.2, 0.25) is 0 Å². The number of carbonyl (C=O) groups is 1. The number of aromatic amines is 1. The molecule has 9 nitrogen and oxygen atoms in total. The second-order valence-electron chi connectivity index (χ2n) is 9.71. The van der Waals surface area contributed by atoms with Crippen LogP contribution in [0.2, 0.25) is 0 Å². The molecule has 0 atom stereocenters. The van der Waals surface area contributed by atoms with Gasteiger partial charge in [0.05, 0.1) is 0 Å². The second kappa shape index (κ2) is 10.8. The molecule has 0 spiro atoms. The van der Waals surface area contributed by atoms with Gasteiger partial charge in [-0.15, -0.1) is 0 Å². The molecule has 0 unspecified atom stereocenters. The molecule has 38 heavy (non-hydrogen) atoms. The van der Waals surface area contributed by atoms with Crippen LogP contribution < -0.4 is 15.5 Å². The van der Waals surface area contributed by atoms with E-state index in [2.05, 4.69) is 36.7 Å². The average Bonchev–Trinajstić information content (AvgIpc) is 3.26. The molecule has 0 bridgehead atoms. The summed E-state index contributed by atoms with van der Waals surface area (Å²) in [5.41, 5.74) is 3.57. The molecule has 194 valence electrons. The summed E-state index contributed by atoms with van der Waals surface area (Å²) in [6.07, 6.45) is 2.43. The number of benzene rings is 2. The smallest absolute Gasteiger partial charge is 0.255 e. The Kier molecular flexibility index (Phi) is 6.98. The highest BCUT2D eigenvalue weighted by Crippen LogP contribution is 2.31. The first-order chi connectivity index (χ1) is 18.6. The van der Waals surface area contributed by atoms with Crippen LogP contribution in [0.25, 0.3) is 0 Å². The predicted octanol–water partition coefficient (Wildman–Crippen LogP) is 5.07. The van der Waals surface area contributed by atoms with E-state index in [1.54, 1.807) is 0 Å². The molecule has 3 N–H and O–H groups in total. The van der Waals surface area contributed by atoms with E-state index in [0.717, 1.165) is 60.6 Å². The zero-order chi connectivity index (χ0) is 25.9. The number of nitrogens with one attached hydrogen (secondary N) is 3. The number of aromatic nitrogens is 4. The highest BCUT2D eigenvalue weighted by atomic mass is 32.2. The number of likely N-dealkylation sites (tertiary alicyclic amines) is 1. The summed E-state index contributed by atoms with van der Waals surface area (Å²) in [7, 11) is 0. The molecule has 6 rings (SSSR count). The molecule has 4 aromatic rings. The van der Waals surface area contributed by atoms with Crippen molar-refractivity contribution in [2.24, 2.45) is 0 Å². The van der Waals surface area contributed by atoms with E-state index in [1.807, 2.05) is 61.5 Å². The molecule has 1 amide bonds. The van der Waals surface area contributed by atoms with Crippen LogP contribution in [0.5, 0.6) is 0 Å². The third-order valence-electron chi connectivity index (χ3n) is 6.70. The van der Waals surface area contributed by atoms with Crippen LogP contribution >= 0.6 is 11.8 Å². The monoisotopic (exact) mass is 526 g/mol. The Morgan fingerprint density at radius 1 is 0.974 bits per heavy atom. The van der Waals surface area contributed by atoms with Crippen LogP contribution in [0.15, 0.2) is 70.7 Å². The number of anilines is 4. The quantitative estimate of drug-likeness (QED) is 0.260. The van der Waals surface area contributed by atoms with Crippen molar-refractivity contribution in [1.29, 1.82) is 0 Å². The number of hydrogen-bond donors (Lipinski definition) is 3. The minimum Gasteiger partial charge on any atom is -0.356 e. The topological polar surface area (TPSA) is 102 Å². The highest BCUT2D eigenvalue weighted by Gasteiger charge is 2.19. The summed E-state index contributed by atoms with van der Waals surface area (Å²) >= 11 is 1.49. The lowest BCUT2D eigenvalue weighted by molar-refractivity contribution is 0.102. The van der Waals surface area contributed by atoms with E-state index in [1.165, 1.54) is 30.2 Å². The number of rotatable bonds is 9. The summed E-state index contributed by atoms with van der Waals surface area (Å²) in [6, 6.07) is 19.6. The van der Waals surface area contributed by atoms with Gasteiger partial charge in [-0.25, -0.2) is 9.97 Å². The Bertz CT molecular complexity index is 1430. The van der Waals surface area contributed by atoms with Gasteiger partial charge in [-0.2, -0.15) is 5.10 Å². The van der Waals surface area contributed by atoms with Crippen LogP contribution in [0, 0.1) is 6.92 Å². The molecular formula is C28H30N8OS. The molecule has 0 saturated carbocycles. The lowest BCUT2D eigenvalue weighted by Crippen LogP contribution is -2.37. The van der Waals surface area contributed by atoms with Crippen LogP contribution in [-0.2, 0) is 6.54 Å².